The number of para-hydroxylation sites is 1. The molecule has 0 atom stereocenters. The number of aromatic nitrogens is 2. The van der Waals surface area contributed by atoms with Gasteiger partial charge in [-0.3, -0.25) is 0 Å². The van der Waals surface area contributed by atoms with Gasteiger partial charge < -0.3 is 0 Å². The average molecular weight is 288 g/mol. The molecule has 1 aromatic heterocycles. The van der Waals surface area contributed by atoms with E-state index < -0.39 is 0 Å². The van der Waals surface area contributed by atoms with E-state index in [9.17, 15) is 0 Å². The van der Waals surface area contributed by atoms with E-state index in [4.69, 9.17) is 0 Å². The van der Waals surface area contributed by atoms with Crippen molar-refractivity contribution in [2.45, 2.75) is 10.1 Å². The maximum Gasteiger partial charge on any atom is 0.192 e. The summed E-state index contributed by atoms with van der Waals surface area (Å²) < 4.78 is 0. The quantitative estimate of drug-likeness (QED) is 0.489. The fraction of sp³-hybridized carbons (Fsp3) is 0. The second-order valence-electron chi connectivity index (χ2n) is 4.82. The fourth-order valence-corrected chi connectivity index (χ4v) is 3.12. The molecule has 0 fully saturated rings. The minimum atomic E-state index is 0.781. The van der Waals surface area contributed by atoms with Gasteiger partial charge in [-0.25, -0.2) is 9.97 Å². The molecular weight excluding hydrogens is 276 g/mol. The summed E-state index contributed by atoms with van der Waals surface area (Å²) in [4.78, 5) is 10.2. The van der Waals surface area contributed by atoms with Crippen LogP contribution in [0.25, 0.3) is 21.7 Å². The summed E-state index contributed by atoms with van der Waals surface area (Å²) in [7, 11) is 0. The van der Waals surface area contributed by atoms with Crippen LogP contribution in [0.1, 0.15) is 0 Å². The summed E-state index contributed by atoms with van der Waals surface area (Å²) in [6.07, 6.45) is 1.88. The Morgan fingerprint density at radius 2 is 1.48 bits per heavy atom. The van der Waals surface area contributed by atoms with Crippen LogP contribution in [-0.4, -0.2) is 9.97 Å². The van der Waals surface area contributed by atoms with Crippen molar-refractivity contribution in [1.29, 1.82) is 0 Å². The normalized spacial score (nSPS) is 11.0. The van der Waals surface area contributed by atoms with E-state index in [0.29, 0.717) is 0 Å². The first kappa shape index (κ1) is 12.4. The highest BCUT2D eigenvalue weighted by Gasteiger charge is 2.03. The molecule has 21 heavy (non-hydrogen) atoms. The van der Waals surface area contributed by atoms with E-state index in [0.717, 1.165) is 21.0 Å². The molecule has 1 heterocycles. The zero-order valence-corrected chi connectivity index (χ0v) is 12.0. The molecule has 0 aliphatic heterocycles. The van der Waals surface area contributed by atoms with E-state index in [1.54, 1.807) is 11.8 Å². The van der Waals surface area contributed by atoms with Crippen LogP contribution in [-0.2, 0) is 0 Å². The lowest BCUT2D eigenvalue weighted by Gasteiger charge is -2.04. The van der Waals surface area contributed by atoms with Crippen molar-refractivity contribution < 1.29 is 0 Å². The van der Waals surface area contributed by atoms with E-state index in [-0.39, 0.29) is 0 Å². The van der Waals surface area contributed by atoms with E-state index in [1.165, 1.54) is 10.8 Å². The summed E-state index contributed by atoms with van der Waals surface area (Å²) in [6, 6.07) is 22.8. The molecular formula is C18H12N2S. The fourth-order valence-electron chi connectivity index (χ4n) is 2.34. The Balaban J connectivity index is 1.71. The van der Waals surface area contributed by atoms with Crippen molar-refractivity contribution in [2.75, 3.05) is 0 Å². The third-order valence-corrected chi connectivity index (χ3v) is 4.27. The van der Waals surface area contributed by atoms with Crippen LogP contribution < -0.4 is 0 Å². The molecule has 0 saturated heterocycles. The van der Waals surface area contributed by atoms with Crippen LogP contribution in [0.4, 0.5) is 0 Å². The van der Waals surface area contributed by atoms with Crippen molar-refractivity contribution in [3.05, 3.63) is 72.9 Å². The number of rotatable bonds is 2. The van der Waals surface area contributed by atoms with Gasteiger partial charge in [0.25, 0.3) is 0 Å². The second kappa shape index (κ2) is 5.19. The molecule has 3 heteroatoms. The Kier molecular flexibility index (Phi) is 3.05. The number of hydrogen-bond acceptors (Lipinski definition) is 3. The third-order valence-electron chi connectivity index (χ3n) is 3.40. The lowest BCUT2D eigenvalue weighted by molar-refractivity contribution is 1.00. The Hall–Kier alpha value is -2.39. The van der Waals surface area contributed by atoms with Gasteiger partial charge in [0, 0.05) is 16.5 Å². The van der Waals surface area contributed by atoms with Crippen molar-refractivity contribution in [1.82, 2.24) is 9.97 Å². The molecule has 100 valence electrons. The van der Waals surface area contributed by atoms with Gasteiger partial charge in [-0.1, -0.05) is 48.5 Å². The molecule has 0 bridgehead atoms. The Morgan fingerprint density at radius 1 is 0.714 bits per heavy atom. The van der Waals surface area contributed by atoms with Gasteiger partial charge in [-0.05, 0) is 40.7 Å². The summed E-state index contributed by atoms with van der Waals surface area (Å²) in [5, 5.41) is 4.34. The van der Waals surface area contributed by atoms with Gasteiger partial charge in [0.15, 0.2) is 5.16 Å². The standard InChI is InChI=1S/C18H12N2S/c1-2-6-14-11-16(10-9-13(14)5-1)21-18-19-12-15-7-3-4-8-17(15)20-18/h1-12H. The highest BCUT2D eigenvalue weighted by atomic mass is 32.2. The minimum absolute atomic E-state index is 0.781. The number of hydrogen-bond donors (Lipinski definition) is 0. The zero-order chi connectivity index (χ0) is 14.1. The predicted molar refractivity (Wildman–Crippen MR) is 87.6 cm³/mol. The van der Waals surface area contributed by atoms with E-state index in [2.05, 4.69) is 52.4 Å². The van der Waals surface area contributed by atoms with Crippen LogP contribution in [0, 0.1) is 0 Å². The zero-order valence-electron chi connectivity index (χ0n) is 11.2. The smallest absolute Gasteiger partial charge is 0.192 e. The largest absolute Gasteiger partial charge is 0.230 e. The van der Waals surface area contributed by atoms with E-state index in [1.807, 2.05) is 30.5 Å². The minimum Gasteiger partial charge on any atom is -0.230 e. The predicted octanol–water partition coefficient (Wildman–Crippen LogP) is 4.93. The molecule has 2 nitrogen and oxygen atoms in total. The molecule has 0 unspecified atom stereocenters. The van der Waals surface area contributed by atoms with Crippen LogP contribution in [0.5, 0.6) is 0 Å². The van der Waals surface area contributed by atoms with Crippen molar-refractivity contribution >= 4 is 33.4 Å². The van der Waals surface area contributed by atoms with Crippen molar-refractivity contribution in [3.63, 3.8) is 0 Å². The van der Waals surface area contributed by atoms with Crippen LogP contribution >= 0.6 is 11.8 Å². The summed E-state index contributed by atoms with van der Waals surface area (Å²) in [6.45, 7) is 0. The summed E-state index contributed by atoms with van der Waals surface area (Å²) in [5.74, 6) is 0. The maximum atomic E-state index is 4.60. The molecule has 0 aliphatic rings. The van der Waals surface area contributed by atoms with Crippen LogP contribution in [0.15, 0.2) is 83.0 Å². The van der Waals surface area contributed by atoms with Gasteiger partial charge in [0.1, 0.15) is 0 Å². The second-order valence-corrected chi connectivity index (χ2v) is 5.86. The number of nitrogens with zero attached hydrogens (tertiary/aromatic N) is 2. The molecule has 0 amide bonds. The first-order valence-corrected chi connectivity index (χ1v) is 7.59. The van der Waals surface area contributed by atoms with Crippen LogP contribution in [0.2, 0.25) is 0 Å². The molecule has 0 spiro atoms. The number of fused-ring (bicyclic) bond motifs is 2. The molecule has 0 radical (unpaired) electrons. The lowest BCUT2D eigenvalue weighted by Crippen LogP contribution is -1.87. The molecule has 0 N–H and O–H groups in total. The summed E-state index contributed by atoms with van der Waals surface area (Å²) in [5.41, 5.74) is 0.982. The third kappa shape index (κ3) is 2.48. The first-order valence-electron chi connectivity index (χ1n) is 6.77. The Morgan fingerprint density at radius 3 is 2.38 bits per heavy atom. The van der Waals surface area contributed by atoms with Crippen LogP contribution in [0.3, 0.4) is 0 Å². The highest BCUT2D eigenvalue weighted by Crippen LogP contribution is 2.28. The topological polar surface area (TPSA) is 25.8 Å². The monoisotopic (exact) mass is 288 g/mol. The van der Waals surface area contributed by atoms with Gasteiger partial charge in [-0.15, -0.1) is 0 Å². The maximum absolute atomic E-state index is 4.60. The van der Waals surface area contributed by atoms with Gasteiger partial charge in [0.05, 0.1) is 5.52 Å². The van der Waals surface area contributed by atoms with Gasteiger partial charge in [-0.2, -0.15) is 0 Å². The Labute approximate surface area is 126 Å². The van der Waals surface area contributed by atoms with E-state index >= 15 is 0 Å². The van der Waals surface area contributed by atoms with Crippen molar-refractivity contribution in [2.24, 2.45) is 0 Å². The molecule has 3 aromatic carbocycles. The Bertz CT molecular complexity index is 857. The number of benzene rings is 3. The average Bonchev–Trinajstić information content (AvgIpc) is 2.55. The molecule has 0 aliphatic carbocycles. The SMILES string of the molecule is c1ccc2cc(Sc3ncc4ccccc4n3)ccc2c1. The van der Waals surface area contributed by atoms with Crippen molar-refractivity contribution in [3.8, 4) is 0 Å². The summed E-state index contributed by atoms with van der Waals surface area (Å²) >= 11 is 1.60. The molecule has 0 saturated carbocycles. The highest BCUT2D eigenvalue weighted by molar-refractivity contribution is 7.99. The van der Waals surface area contributed by atoms with Gasteiger partial charge >= 0.3 is 0 Å². The molecule has 4 rings (SSSR count). The lowest BCUT2D eigenvalue weighted by atomic mass is 10.1. The van der Waals surface area contributed by atoms with Gasteiger partial charge in [0.2, 0.25) is 0 Å². The molecule has 4 aromatic rings. The first-order chi connectivity index (χ1) is 10.4.